The standard InChI is InChI=1S/C26H22F2N6O3/c27-25(28)37-20-4-2-1-3-17(20)18-11-19(35)23-24(18)34-14-15(5-6-21(34)32-23)16-12-30-26(31-13-16)33-9-7-22(36)29-8-10-33/h1-6,12-14,18,25H,7-11H2,(H,29,36). The van der Waals surface area contributed by atoms with Gasteiger partial charge < -0.3 is 19.4 Å². The Hall–Kier alpha value is -4.41. The summed E-state index contributed by atoms with van der Waals surface area (Å²) in [4.78, 5) is 39.9. The predicted octanol–water partition coefficient (Wildman–Crippen LogP) is 3.44. The number of aromatic nitrogens is 4. The molecule has 37 heavy (non-hydrogen) atoms. The van der Waals surface area contributed by atoms with Crippen molar-refractivity contribution in [2.45, 2.75) is 25.4 Å². The van der Waals surface area contributed by atoms with Crippen LogP contribution in [0.25, 0.3) is 16.8 Å². The monoisotopic (exact) mass is 504 g/mol. The summed E-state index contributed by atoms with van der Waals surface area (Å²) < 4.78 is 32.7. The van der Waals surface area contributed by atoms with Crippen LogP contribution in [0.5, 0.6) is 5.75 Å². The van der Waals surface area contributed by atoms with E-state index in [1.807, 2.05) is 21.6 Å². The molecule has 4 heterocycles. The van der Waals surface area contributed by atoms with Gasteiger partial charge in [0.25, 0.3) is 0 Å². The van der Waals surface area contributed by atoms with E-state index in [2.05, 4.69) is 20.3 Å². The number of carbonyl (C=O) groups excluding carboxylic acids is 2. The van der Waals surface area contributed by atoms with Crippen LogP contribution < -0.4 is 15.0 Å². The fraction of sp³-hybridized carbons (Fsp3) is 0.269. The average molecular weight is 504 g/mol. The van der Waals surface area contributed by atoms with Crippen molar-refractivity contribution in [2.24, 2.45) is 0 Å². The van der Waals surface area contributed by atoms with Crippen molar-refractivity contribution in [1.82, 2.24) is 24.7 Å². The van der Waals surface area contributed by atoms with Gasteiger partial charge in [-0.25, -0.2) is 15.0 Å². The van der Waals surface area contributed by atoms with Gasteiger partial charge in [-0.05, 0) is 18.2 Å². The van der Waals surface area contributed by atoms with E-state index in [4.69, 9.17) is 4.74 Å². The maximum absolute atomic E-state index is 13.0. The zero-order chi connectivity index (χ0) is 25.5. The van der Waals surface area contributed by atoms with Gasteiger partial charge in [0.05, 0.1) is 5.69 Å². The number of hydrogen-bond donors (Lipinski definition) is 1. The minimum absolute atomic E-state index is 0.0143. The van der Waals surface area contributed by atoms with Gasteiger partial charge in [0.2, 0.25) is 11.9 Å². The van der Waals surface area contributed by atoms with Crippen LogP contribution in [0.4, 0.5) is 14.7 Å². The number of Topliss-reactive ketones (excluding diaryl/α,β-unsaturated/α-hetero) is 1. The lowest BCUT2D eigenvalue weighted by atomic mass is 9.95. The summed E-state index contributed by atoms with van der Waals surface area (Å²) in [5.41, 5.74) is 3.65. The molecule has 1 atom stereocenters. The number of rotatable bonds is 5. The molecular formula is C26H22F2N6O3. The molecule has 1 aliphatic carbocycles. The second-order valence-electron chi connectivity index (χ2n) is 8.95. The third-order valence-electron chi connectivity index (χ3n) is 6.72. The highest BCUT2D eigenvalue weighted by Gasteiger charge is 2.37. The van der Waals surface area contributed by atoms with Crippen molar-refractivity contribution >= 4 is 23.3 Å². The van der Waals surface area contributed by atoms with Gasteiger partial charge in [-0.1, -0.05) is 18.2 Å². The summed E-state index contributed by atoms with van der Waals surface area (Å²) in [7, 11) is 0. The van der Waals surface area contributed by atoms with E-state index in [1.165, 1.54) is 6.07 Å². The highest BCUT2D eigenvalue weighted by Crippen LogP contribution is 2.42. The fourth-order valence-corrected chi connectivity index (χ4v) is 4.98. The Balaban J connectivity index is 1.36. The van der Waals surface area contributed by atoms with Gasteiger partial charge in [0, 0.05) is 73.7 Å². The normalized spacial score (nSPS) is 17.7. The Bertz CT molecular complexity index is 1500. The zero-order valence-electron chi connectivity index (χ0n) is 19.6. The van der Waals surface area contributed by atoms with Crippen LogP contribution in [0.3, 0.4) is 0 Å². The molecule has 9 nitrogen and oxygen atoms in total. The van der Waals surface area contributed by atoms with E-state index in [1.54, 1.807) is 36.7 Å². The highest BCUT2D eigenvalue weighted by atomic mass is 19.3. The Kier molecular flexibility index (Phi) is 5.74. The van der Waals surface area contributed by atoms with Crippen LogP contribution in [0.15, 0.2) is 55.0 Å². The van der Waals surface area contributed by atoms with E-state index in [9.17, 15) is 18.4 Å². The summed E-state index contributed by atoms with van der Waals surface area (Å²) in [5, 5.41) is 2.83. The minimum atomic E-state index is -2.97. The fourth-order valence-electron chi connectivity index (χ4n) is 4.98. The number of nitrogens with zero attached hydrogens (tertiary/aromatic N) is 5. The number of alkyl halides is 2. The van der Waals surface area contributed by atoms with Crippen LogP contribution >= 0.6 is 0 Å². The van der Waals surface area contributed by atoms with Crippen LogP contribution in [0, 0.1) is 0 Å². The molecule has 0 spiro atoms. The number of halogens is 2. The molecule has 188 valence electrons. The largest absolute Gasteiger partial charge is 0.435 e. The van der Waals surface area contributed by atoms with Crippen LogP contribution in [0.2, 0.25) is 0 Å². The second kappa shape index (κ2) is 9.23. The first-order valence-electron chi connectivity index (χ1n) is 11.9. The summed E-state index contributed by atoms with van der Waals surface area (Å²) in [6, 6.07) is 10.2. The number of imidazole rings is 1. The van der Waals surface area contributed by atoms with E-state index in [0.717, 1.165) is 11.1 Å². The van der Waals surface area contributed by atoms with Crippen molar-refractivity contribution in [3.8, 4) is 16.9 Å². The number of carbonyl (C=O) groups is 2. The van der Waals surface area contributed by atoms with Crippen molar-refractivity contribution in [2.75, 3.05) is 24.5 Å². The van der Waals surface area contributed by atoms with E-state index >= 15 is 0 Å². The molecule has 4 aromatic rings. The third kappa shape index (κ3) is 4.26. The lowest BCUT2D eigenvalue weighted by Gasteiger charge is -2.19. The molecule has 11 heteroatoms. The van der Waals surface area contributed by atoms with E-state index in [-0.39, 0.29) is 23.9 Å². The number of amides is 1. The number of hydrogen-bond acceptors (Lipinski definition) is 7. The minimum Gasteiger partial charge on any atom is -0.435 e. The summed E-state index contributed by atoms with van der Waals surface area (Å²) in [6.07, 6.45) is 5.80. The molecule has 1 fully saturated rings. The molecule has 1 amide bonds. The Morgan fingerprint density at radius 2 is 1.84 bits per heavy atom. The second-order valence-corrected chi connectivity index (χ2v) is 8.95. The lowest BCUT2D eigenvalue weighted by molar-refractivity contribution is -0.120. The number of para-hydroxylation sites is 1. The molecule has 0 radical (unpaired) electrons. The quantitative estimate of drug-likeness (QED) is 0.444. The summed E-state index contributed by atoms with van der Waals surface area (Å²) >= 11 is 0. The molecule has 1 unspecified atom stereocenters. The molecule has 2 aliphatic rings. The van der Waals surface area contributed by atoms with Gasteiger partial charge >= 0.3 is 6.61 Å². The molecule has 0 saturated carbocycles. The molecule has 1 aromatic carbocycles. The first kappa shape index (κ1) is 23.0. The lowest BCUT2D eigenvalue weighted by Crippen LogP contribution is -2.29. The summed E-state index contributed by atoms with van der Waals surface area (Å²) in [5.74, 6) is -0.00819. The van der Waals surface area contributed by atoms with Crippen molar-refractivity contribution in [3.05, 3.63) is 71.9 Å². The summed E-state index contributed by atoms with van der Waals surface area (Å²) in [6.45, 7) is -1.26. The molecule has 0 bridgehead atoms. The topological polar surface area (TPSA) is 102 Å². The smallest absolute Gasteiger partial charge is 0.387 e. The van der Waals surface area contributed by atoms with Gasteiger partial charge in [0.15, 0.2) is 5.78 Å². The van der Waals surface area contributed by atoms with Crippen LogP contribution in [0.1, 0.15) is 40.5 Å². The van der Waals surface area contributed by atoms with Crippen LogP contribution in [-0.2, 0) is 4.79 Å². The Labute approximate surface area is 210 Å². The van der Waals surface area contributed by atoms with Crippen LogP contribution in [-0.4, -0.2) is 57.3 Å². The van der Waals surface area contributed by atoms with E-state index < -0.39 is 12.5 Å². The maximum Gasteiger partial charge on any atom is 0.387 e. The number of benzene rings is 1. The molecule has 3 aromatic heterocycles. The van der Waals surface area contributed by atoms with Gasteiger partial charge in [0.1, 0.15) is 17.1 Å². The van der Waals surface area contributed by atoms with Gasteiger partial charge in [-0.3, -0.25) is 9.59 Å². The van der Waals surface area contributed by atoms with Crippen molar-refractivity contribution in [1.29, 1.82) is 0 Å². The number of nitrogens with one attached hydrogen (secondary N) is 1. The average Bonchev–Trinajstić information content (AvgIpc) is 3.34. The van der Waals surface area contributed by atoms with Crippen molar-refractivity contribution in [3.63, 3.8) is 0 Å². The number of fused-ring (bicyclic) bond motifs is 3. The number of anilines is 1. The number of ketones is 1. The molecule has 1 aliphatic heterocycles. The molecule has 1 saturated heterocycles. The van der Waals surface area contributed by atoms with Gasteiger partial charge in [-0.2, -0.15) is 8.78 Å². The Morgan fingerprint density at radius 3 is 2.65 bits per heavy atom. The third-order valence-corrected chi connectivity index (χ3v) is 6.72. The maximum atomic E-state index is 13.0. The predicted molar refractivity (Wildman–Crippen MR) is 130 cm³/mol. The number of pyridine rings is 1. The SMILES string of the molecule is O=C1CCN(c2ncc(-c3ccc4nc5c(n4c3)C(c3ccccc3OC(F)F)CC5=O)cn2)CCN1. The Morgan fingerprint density at radius 1 is 1.03 bits per heavy atom. The zero-order valence-corrected chi connectivity index (χ0v) is 19.6. The van der Waals surface area contributed by atoms with Crippen molar-refractivity contribution < 1.29 is 23.1 Å². The first-order valence-corrected chi connectivity index (χ1v) is 11.9. The van der Waals surface area contributed by atoms with E-state index in [0.29, 0.717) is 54.6 Å². The molecular weight excluding hydrogens is 482 g/mol. The molecule has 6 rings (SSSR count). The highest BCUT2D eigenvalue weighted by molar-refractivity contribution is 6.00. The first-order chi connectivity index (χ1) is 18.0. The number of ether oxygens (including phenoxy) is 1. The van der Waals surface area contributed by atoms with Gasteiger partial charge in [-0.15, -0.1) is 0 Å². The molecule has 1 N–H and O–H groups in total.